The van der Waals surface area contributed by atoms with E-state index in [1.807, 2.05) is 0 Å². The first-order valence-electron chi connectivity index (χ1n) is 6.91. The molecular formula is C15H10ClN5O3S. The Labute approximate surface area is 151 Å². The van der Waals surface area contributed by atoms with Crippen LogP contribution in [0.5, 0.6) is 5.75 Å². The molecule has 0 atom stereocenters. The van der Waals surface area contributed by atoms with Crippen LogP contribution in [0, 0.1) is 14.9 Å². The van der Waals surface area contributed by atoms with Crippen LogP contribution < -0.4 is 0 Å². The fourth-order valence-electron chi connectivity index (χ4n) is 2.09. The van der Waals surface area contributed by atoms with Crippen molar-refractivity contribution in [1.29, 1.82) is 0 Å². The third-order valence-corrected chi connectivity index (χ3v) is 3.89. The summed E-state index contributed by atoms with van der Waals surface area (Å²) in [6.07, 6.45) is 1.26. The molecule has 0 bridgehead atoms. The summed E-state index contributed by atoms with van der Waals surface area (Å²) in [6.45, 7) is 0. The Morgan fingerprint density at radius 1 is 1.36 bits per heavy atom. The fourth-order valence-corrected chi connectivity index (χ4v) is 2.49. The summed E-state index contributed by atoms with van der Waals surface area (Å²) in [5.41, 5.74) is 0.612. The zero-order valence-electron chi connectivity index (χ0n) is 12.5. The molecular weight excluding hydrogens is 366 g/mol. The number of aromatic amines is 1. The van der Waals surface area contributed by atoms with Gasteiger partial charge < -0.3 is 5.11 Å². The molecule has 3 aromatic rings. The van der Waals surface area contributed by atoms with Gasteiger partial charge in [0.05, 0.1) is 16.2 Å². The van der Waals surface area contributed by atoms with Crippen molar-refractivity contribution in [3.8, 4) is 17.1 Å². The van der Waals surface area contributed by atoms with Crippen molar-refractivity contribution in [2.45, 2.75) is 0 Å². The summed E-state index contributed by atoms with van der Waals surface area (Å²) < 4.78 is 1.52. The molecule has 3 rings (SSSR count). The number of phenolic OH excluding ortho intramolecular Hbond substituents is 1. The van der Waals surface area contributed by atoms with Gasteiger partial charge in [0, 0.05) is 23.3 Å². The van der Waals surface area contributed by atoms with E-state index in [0.29, 0.717) is 16.4 Å². The Morgan fingerprint density at radius 2 is 2.12 bits per heavy atom. The highest BCUT2D eigenvalue weighted by Crippen LogP contribution is 2.26. The van der Waals surface area contributed by atoms with Crippen LogP contribution in [0.3, 0.4) is 0 Å². The van der Waals surface area contributed by atoms with Crippen molar-refractivity contribution < 1.29 is 10.0 Å². The molecule has 0 saturated heterocycles. The monoisotopic (exact) mass is 375 g/mol. The third kappa shape index (κ3) is 3.42. The minimum absolute atomic E-state index is 0.149. The molecule has 2 aromatic carbocycles. The minimum atomic E-state index is -0.560. The van der Waals surface area contributed by atoms with Crippen molar-refractivity contribution in [2.24, 2.45) is 5.10 Å². The summed E-state index contributed by atoms with van der Waals surface area (Å²) in [5.74, 6) is 0.223. The van der Waals surface area contributed by atoms with Gasteiger partial charge >= 0.3 is 0 Å². The predicted molar refractivity (Wildman–Crippen MR) is 95.6 cm³/mol. The molecule has 8 nitrogen and oxygen atoms in total. The van der Waals surface area contributed by atoms with Gasteiger partial charge in [-0.1, -0.05) is 23.7 Å². The Balaban J connectivity index is 2.05. The zero-order valence-corrected chi connectivity index (χ0v) is 14.0. The van der Waals surface area contributed by atoms with Gasteiger partial charge in [-0.2, -0.15) is 14.9 Å². The summed E-state index contributed by atoms with van der Waals surface area (Å²) >= 11 is 11.3. The summed E-state index contributed by atoms with van der Waals surface area (Å²) in [6, 6.07) is 10.7. The summed E-state index contributed by atoms with van der Waals surface area (Å²) in [5, 5.41) is 32.1. The number of nitro benzene ring substituents is 1. The van der Waals surface area contributed by atoms with Crippen molar-refractivity contribution >= 4 is 35.7 Å². The van der Waals surface area contributed by atoms with Gasteiger partial charge in [0.2, 0.25) is 4.77 Å². The molecule has 0 unspecified atom stereocenters. The van der Waals surface area contributed by atoms with Crippen molar-refractivity contribution in [1.82, 2.24) is 14.9 Å². The molecule has 0 saturated carbocycles. The van der Waals surface area contributed by atoms with Crippen molar-refractivity contribution in [3.05, 3.63) is 67.9 Å². The largest absolute Gasteiger partial charge is 0.507 e. The maximum Gasteiger partial charge on any atom is 0.270 e. The zero-order chi connectivity index (χ0) is 18.0. The maximum atomic E-state index is 10.9. The highest BCUT2D eigenvalue weighted by Gasteiger charge is 2.12. The Bertz CT molecular complexity index is 1040. The van der Waals surface area contributed by atoms with Gasteiger partial charge in [0.1, 0.15) is 5.75 Å². The molecule has 10 heteroatoms. The van der Waals surface area contributed by atoms with Gasteiger partial charge in [0.15, 0.2) is 5.82 Å². The van der Waals surface area contributed by atoms with E-state index < -0.39 is 4.92 Å². The smallest absolute Gasteiger partial charge is 0.270 e. The van der Waals surface area contributed by atoms with Gasteiger partial charge in [-0.15, -0.1) is 0 Å². The van der Waals surface area contributed by atoms with E-state index in [1.54, 1.807) is 24.3 Å². The second kappa shape index (κ2) is 6.83. The first kappa shape index (κ1) is 16.8. The second-order valence-corrected chi connectivity index (χ2v) is 5.68. The van der Waals surface area contributed by atoms with Crippen LogP contribution in [0.4, 0.5) is 5.69 Å². The Kier molecular flexibility index (Phi) is 4.59. The van der Waals surface area contributed by atoms with E-state index in [-0.39, 0.29) is 21.8 Å². The quantitative estimate of drug-likeness (QED) is 0.312. The van der Waals surface area contributed by atoms with Crippen LogP contribution in [0.25, 0.3) is 11.4 Å². The standard InChI is InChI=1S/C15H10ClN5O3S/c16-12-4-2-1-3-11(12)14-18-19-15(25)20(14)17-8-9-7-10(21(23)24)5-6-13(9)22/h1-8,22H,(H,19,25)/b17-8+. The number of hydrogen-bond acceptors (Lipinski definition) is 6. The SMILES string of the molecule is O=[N+]([O-])c1ccc(O)c(/C=N/n2c(-c3ccccc3Cl)n[nH]c2=S)c1. The van der Waals surface area contributed by atoms with Crippen LogP contribution in [0.2, 0.25) is 5.02 Å². The average molecular weight is 376 g/mol. The number of H-pyrrole nitrogens is 1. The first-order chi connectivity index (χ1) is 12.0. The van der Waals surface area contributed by atoms with Gasteiger partial charge in [-0.3, -0.25) is 10.1 Å². The normalized spacial score (nSPS) is 11.1. The lowest BCUT2D eigenvalue weighted by Gasteiger charge is -2.03. The van der Waals surface area contributed by atoms with E-state index in [1.165, 1.54) is 29.1 Å². The number of hydrogen-bond donors (Lipinski definition) is 2. The number of halogens is 1. The van der Waals surface area contributed by atoms with Crippen LogP contribution >= 0.6 is 23.8 Å². The molecule has 0 aliphatic carbocycles. The molecule has 25 heavy (non-hydrogen) atoms. The average Bonchev–Trinajstić information content (AvgIpc) is 2.95. The van der Waals surface area contributed by atoms with Crippen LogP contribution in [-0.2, 0) is 0 Å². The van der Waals surface area contributed by atoms with Crippen LogP contribution in [-0.4, -0.2) is 31.1 Å². The van der Waals surface area contributed by atoms with E-state index in [2.05, 4.69) is 15.3 Å². The predicted octanol–water partition coefficient (Wildman–Crippen LogP) is 3.76. The molecule has 0 aliphatic heterocycles. The van der Waals surface area contributed by atoms with E-state index in [9.17, 15) is 15.2 Å². The van der Waals surface area contributed by atoms with E-state index in [0.717, 1.165) is 0 Å². The minimum Gasteiger partial charge on any atom is -0.507 e. The highest BCUT2D eigenvalue weighted by atomic mass is 35.5. The number of phenols is 1. The van der Waals surface area contributed by atoms with Crippen LogP contribution in [0.15, 0.2) is 47.6 Å². The number of aromatic nitrogens is 3. The number of nitrogens with one attached hydrogen (secondary N) is 1. The molecule has 0 spiro atoms. The lowest BCUT2D eigenvalue weighted by molar-refractivity contribution is -0.384. The van der Waals surface area contributed by atoms with Gasteiger partial charge in [-0.25, -0.2) is 5.10 Å². The van der Waals surface area contributed by atoms with Crippen LogP contribution in [0.1, 0.15) is 5.56 Å². The van der Waals surface area contributed by atoms with Crippen molar-refractivity contribution in [2.75, 3.05) is 0 Å². The molecule has 1 aromatic heterocycles. The molecule has 126 valence electrons. The number of benzene rings is 2. The lowest BCUT2D eigenvalue weighted by atomic mass is 10.2. The lowest BCUT2D eigenvalue weighted by Crippen LogP contribution is -1.96. The summed E-state index contributed by atoms with van der Waals surface area (Å²) in [4.78, 5) is 10.3. The highest BCUT2D eigenvalue weighted by molar-refractivity contribution is 7.71. The fraction of sp³-hybridized carbons (Fsp3) is 0. The Morgan fingerprint density at radius 3 is 2.84 bits per heavy atom. The van der Waals surface area contributed by atoms with E-state index in [4.69, 9.17) is 23.8 Å². The molecule has 0 fully saturated rings. The molecule has 0 radical (unpaired) electrons. The first-order valence-corrected chi connectivity index (χ1v) is 7.70. The number of nitro groups is 1. The third-order valence-electron chi connectivity index (χ3n) is 3.30. The van der Waals surface area contributed by atoms with Gasteiger partial charge in [0.25, 0.3) is 5.69 Å². The number of aromatic hydroxyl groups is 1. The summed E-state index contributed by atoms with van der Waals surface area (Å²) in [7, 11) is 0. The molecule has 0 aliphatic rings. The van der Waals surface area contributed by atoms with Gasteiger partial charge in [-0.05, 0) is 30.4 Å². The number of rotatable bonds is 4. The maximum absolute atomic E-state index is 10.9. The molecule has 2 N–H and O–H groups in total. The molecule has 0 amide bonds. The number of nitrogens with zero attached hydrogens (tertiary/aromatic N) is 4. The Hall–Kier alpha value is -3.04. The second-order valence-electron chi connectivity index (χ2n) is 4.89. The number of non-ortho nitro benzene ring substituents is 1. The van der Waals surface area contributed by atoms with E-state index >= 15 is 0 Å². The van der Waals surface area contributed by atoms with Crippen molar-refractivity contribution in [3.63, 3.8) is 0 Å². The topological polar surface area (TPSA) is 109 Å². The molecule has 1 heterocycles.